The molecule has 5 rings (SSSR count). The molecule has 2 fully saturated rings. The van der Waals surface area contributed by atoms with Gasteiger partial charge in [0.15, 0.2) is 5.82 Å². The number of imidazole rings is 1. The van der Waals surface area contributed by atoms with Crippen molar-refractivity contribution in [1.82, 2.24) is 19.5 Å². The van der Waals surface area contributed by atoms with E-state index >= 15 is 0 Å². The van der Waals surface area contributed by atoms with Gasteiger partial charge in [-0.3, -0.25) is 0 Å². The van der Waals surface area contributed by atoms with E-state index in [1.54, 1.807) is 11.3 Å². The lowest BCUT2D eigenvalue weighted by Crippen LogP contribution is -2.44. The van der Waals surface area contributed by atoms with Gasteiger partial charge >= 0.3 is 0 Å². The van der Waals surface area contributed by atoms with Crippen molar-refractivity contribution in [3.05, 3.63) is 29.8 Å². The van der Waals surface area contributed by atoms with Gasteiger partial charge in [0.2, 0.25) is 10.1 Å². The number of likely N-dealkylation sites (N-methyl/N-ethyl adjacent to an activating group) is 1. The first-order valence-corrected chi connectivity index (χ1v) is 12.6. The van der Waals surface area contributed by atoms with E-state index in [1.807, 2.05) is 0 Å². The Kier molecular flexibility index (Phi) is 5.89. The lowest BCUT2D eigenvalue weighted by atomic mass is 9.95. The first-order chi connectivity index (χ1) is 15.1. The zero-order chi connectivity index (χ0) is 21.4. The fourth-order valence-corrected chi connectivity index (χ4v) is 5.61. The van der Waals surface area contributed by atoms with Gasteiger partial charge in [-0.1, -0.05) is 68.7 Å². The summed E-state index contributed by atoms with van der Waals surface area (Å²) >= 11 is 1.71. The maximum atomic E-state index is 5.07. The summed E-state index contributed by atoms with van der Waals surface area (Å²) in [6.45, 7) is 8.71. The molecule has 1 N–H and O–H groups in total. The van der Waals surface area contributed by atoms with Crippen molar-refractivity contribution in [2.45, 2.75) is 57.9 Å². The normalized spacial score (nSPS) is 18.9. The van der Waals surface area contributed by atoms with Gasteiger partial charge in [-0.15, -0.1) is 5.10 Å². The van der Waals surface area contributed by atoms with Crippen LogP contribution in [0.3, 0.4) is 0 Å². The van der Waals surface area contributed by atoms with Gasteiger partial charge in [-0.2, -0.15) is 4.52 Å². The summed E-state index contributed by atoms with van der Waals surface area (Å²) in [5.41, 5.74) is 3.56. The highest BCUT2D eigenvalue weighted by molar-refractivity contribution is 7.20. The van der Waals surface area contributed by atoms with Crippen molar-refractivity contribution < 1.29 is 0 Å². The molecule has 7 heteroatoms. The maximum absolute atomic E-state index is 5.07. The van der Waals surface area contributed by atoms with Crippen molar-refractivity contribution >= 4 is 27.2 Å². The molecule has 31 heavy (non-hydrogen) atoms. The molecule has 0 spiro atoms. The van der Waals surface area contributed by atoms with Gasteiger partial charge in [-0.05, 0) is 31.4 Å². The fourth-order valence-electron chi connectivity index (χ4n) is 4.66. The van der Waals surface area contributed by atoms with Crippen LogP contribution in [0.15, 0.2) is 24.3 Å². The van der Waals surface area contributed by atoms with Crippen LogP contribution in [0.2, 0.25) is 0 Å². The highest BCUT2D eigenvalue weighted by Gasteiger charge is 2.24. The van der Waals surface area contributed by atoms with Crippen molar-refractivity contribution in [3.8, 4) is 11.3 Å². The summed E-state index contributed by atoms with van der Waals surface area (Å²) in [6, 6.07) is 9.42. The molecule has 6 nitrogen and oxygen atoms in total. The van der Waals surface area contributed by atoms with Crippen molar-refractivity contribution in [1.29, 1.82) is 0 Å². The van der Waals surface area contributed by atoms with Crippen molar-refractivity contribution in [2.75, 3.05) is 43.4 Å². The Morgan fingerprint density at radius 3 is 2.39 bits per heavy atom. The van der Waals surface area contributed by atoms with Gasteiger partial charge < -0.3 is 15.1 Å². The standard InChI is InChI=1S/C24H34N6S/c1-17(2)18-9-11-19(12-10-18)21-22(25-20-7-5-4-6-8-20)30-23(26-21)31-24(27-30)29-15-13-28(3)14-16-29/h9-12,17,20,25H,4-8,13-16H2,1-3H3. The number of hydrogen-bond acceptors (Lipinski definition) is 6. The molecule has 1 saturated carbocycles. The molecule has 166 valence electrons. The molecule has 0 radical (unpaired) electrons. The minimum atomic E-state index is 0.510. The third-order valence-corrected chi connectivity index (χ3v) is 7.73. The van der Waals surface area contributed by atoms with Crippen LogP contribution in [-0.4, -0.2) is 58.8 Å². The molecule has 0 atom stereocenters. The first kappa shape index (κ1) is 20.8. The van der Waals surface area contributed by atoms with Crippen molar-refractivity contribution in [2.24, 2.45) is 0 Å². The topological polar surface area (TPSA) is 48.7 Å². The average molecular weight is 439 g/mol. The minimum Gasteiger partial charge on any atom is -0.365 e. The zero-order valence-electron chi connectivity index (χ0n) is 19.0. The number of benzene rings is 1. The third kappa shape index (κ3) is 4.30. The lowest BCUT2D eigenvalue weighted by Gasteiger charge is -2.31. The highest BCUT2D eigenvalue weighted by atomic mass is 32.1. The molecule has 2 aromatic heterocycles. The summed E-state index contributed by atoms with van der Waals surface area (Å²) in [6.07, 6.45) is 6.43. The number of rotatable bonds is 5. The second kappa shape index (κ2) is 8.79. The Morgan fingerprint density at radius 2 is 1.71 bits per heavy atom. The Hall–Kier alpha value is -2.12. The second-order valence-corrected chi connectivity index (χ2v) is 10.4. The van der Waals surface area contributed by atoms with E-state index in [4.69, 9.17) is 10.1 Å². The molecule has 1 aromatic carbocycles. The van der Waals surface area contributed by atoms with Crippen LogP contribution in [0.1, 0.15) is 57.4 Å². The number of fused-ring (bicyclic) bond motifs is 1. The molecule has 1 saturated heterocycles. The van der Waals surface area contributed by atoms with E-state index in [0.29, 0.717) is 12.0 Å². The van der Waals surface area contributed by atoms with E-state index in [2.05, 4.69) is 64.8 Å². The average Bonchev–Trinajstić information content (AvgIpc) is 3.34. The number of anilines is 2. The number of nitrogens with zero attached hydrogens (tertiary/aromatic N) is 5. The molecule has 0 amide bonds. The van der Waals surface area contributed by atoms with Crippen LogP contribution in [-0.2, 0) is 0 Å². The van der Waals surface area contributed by atoms with Gasteiger partial charge in [0, 0.05) is 37.8 Å². The minimum absolute atomic E-state index is 0.510. The number of piperazine rings is 1. The van der Waals surface area contributed by atoms with E-state index in [1.165, 1.54) is 43.2 Å². The summed E-state index contributed by atoms with van der Waals surface area (Å²) in [5.74, 6) is 1.60. The first-order valence-electron chi connectivity index (χ1n) is 11.8. The van der Waals surface area contributed by atoms with Crippen LogP contribution < -0.4 is 10.2 Å². The van der Waals surface area contributed by atoms with Crippen LogP contribution in [0, 0.1) is 0 Å². The lowest BCUT2D eigenvalue weighted by molar-refractivity contribution is 0.312. The molecule has 3 aromatic rings. The smallest absolute Gasteiger partial charge is 0.216 e. The monoisotopic (exact) mass is 438 g/mol. The fraction of sp³-hybridized carbons (Fsp3) is 0.583. The van der Waals surface area contributed by atoms with Crippen LogP contribution >= 0.6 is 11.3 Å². The maximum Gasteiger partial charge on any atom is 0.216 e. The van der Waals surface area contributed by atoms with E-state index in [0.717, 1.165) is 47.8 Å². The van der Waals surface area contributed by atoms with E-state index in [9.17, 15) is 0 Å². The molecule has 2 aliphatic rings. The number of aromatic nitrogens is 3. The van der Waals surface area contributed by atoms with Crippen LogP contribution in [0.4, 0.5) is 10.9 Å². The molecular formula is C24H34N6S. The van der Waals surface area contributed by atoms with Gasteiger partial charge in [0.25, 0.3) is 0 Å². The van der Waals surface area contributed by atoms with Crippen molar-refractivity contribution in [3.63, 3.8) is 0 Å². The second-order valence-electron chi connectivity index (χ2n) is 9.43. The molecule has 0 unspecified atom stereocenters. The molecule has 3 heterocycles. The molecular weight excluding hydrogens is 404 g/mol. The summed E-state index contributed by atoms with van der Waals surface area (Å²) in [4.78, 5) is 10.8. The summed E-state index contributed by atoms with van der Waals surface area (Å²) < 4.78 is 2.07. The third-order valence-electron chi connectivity index (χ3n) is 6.76. The van der Waals surface area contributed by atoms with Crippen LogP contribution in [0.25, 0.3) is 16.2 Å². The highest BCUT2D eigenvalue weighted by Crippen LogP contribution is 2.35. The quantitative estimate of drug-likeness (QED) is 0.602. The SMILES string of the molecule is CC(C)c1ccc(-c2nc3sc(N4CCN(C)CC4)nn3c2NC2CCCCC2)cc1. The predicted molar refractivity (Wildman–Crippen MR) is 131 cm³/mol. The molecule has 1 aliphatic carbocycles. The number of hydrogen-bond donors (Lipinski definition) is 1. The Morgan fingerprint density at radius 1 is 1.00 bits per heavy atom. The van der Waals surface area contributed by atoms with Gasteiger partial charge in [0.05, 0.1) is 0 Å². The molecule has 1 aliphatic heterocycles. The van der Waals surface area contributed by atoms with E-state index < -0.39 is 0 Å². The Balaban J connectivity index is 1.50. The Labute approximate surface area is 189 Å². The van der Waals surface area contributed by atoms with E-state index in [-0.39, 0.29) is 0 Å². The number of nitrogens with one attached hydrogen (secondary N) is 1. The largest absolute Gasteiger partial charge is 0.365 e. The van der Waals surface area contributed by atoms with Gasteiger partial charge in [-0.25, -0.2) is 4.98 Å². The zero-order valence-corrected chi connectivity index (χ0v) is 19.8. The van der Waals surface area contributed by atoms with Gasteiger partial charge in [0.1, 0.15) is 5.69 Å². The predicted octanol–water partition coefficient (Wildman–Crippen LogP) is 5.08. The van der Waals surface area contributed by atoms with Crippen LogP contribution in [0.5, 0.6) is 0 Å². The Bertz CT molecular complexity index is 1010. The summed E-state index contributed by atoms with van der Waals surface area (Å²) in [5, 5.41) is 9.97. The molecule has 0 bridgehead atoms. The summed E-state index contributed by atoms with van der Waals surface area (Å²) in [7, 11) is 2.19.